The first-order chi connectivity index (χ1) is 32.6. The molecule has 16 nitrogen and oxygen atoms in total. The summed E-state index contributed by atoms with van der Waals surface area (Å²) in [5, 5.41) is 14.1. The van der Waals surface area contributed by atoms with E-state index in [1.54, 1.807) is 83.6 Å². The van der Waals surface area contributed by atoms with E-state index in [9.17, 15) is 33.6 Å². The van der Waals surface area contributed by atoms with Crippen molar-refractivity contribution in [3.8, 4) is 5.75 Å². The number of nitrogens with zero attached hydrogens (tertiary/aromatic N) is 3. The number of rotatable bonds is 21. The molecule has 0 saturated carbocycles. The van der Waals surface area contributed by atoms with Gasteiger partial charge in [0.1, 0.15) is 12.4 Å². The summed E-state index contributed by atoms with van der Waals surface area (Å²) in [6.45, 7) is 3.36. The van der Waals surface area contributed by atoms with Crippen LogP contribution in [0.25, 0.3) is 0 Å². The highest BCUT2D eigenvalue weighted by molar-refractivity contribution is 7.12. The molecule has 4 N–H and O–H groups in total. The Kier molecular flexibility index (Phi) is 17.2. The summed E-state index contributed by atoms with van der Waals surface area (Å²) < 4.78 is 11.3. The van der Waals surface area contributed by atoms with E-state index in [1.165, 1.54) is 47.5 Å². The standard InChI is InChI=1S/C49H53N7O9S2/c57-40(42-18-9-26-66-42)31-55-38-16-2-3-17-39(38)56(32-41(58)43-19-10-27-67-43)47(61)45(46(55)60)53-48(62)52-36-14-6-13-35(28-36)33-65-49(63)51-21-8-20-44(59)50-22-11-25-64-37-15-7-12-34(29-37)30-54-23-4-1-5-24-54/h2-3,6-7,9-10,12-19,26-29,45H,1,4-5,8,11,20-25,30-33H2,(H,50,59)(H,51,63)(H2,52,53,62). The van der Waals surface area contributed by atoms with Gasteiger partial charge in [0.05, 0.1) is 40.8 Å². The van der Waals surface area contributed by atoms with E-state index in [0.29, 0.717) is 41.3 Å². The van der Waals surface area contributed by atoms with Gasteiger partial charge < -0.3 is 40.5 Å². The minimum Gasteiger partial charge on any atom is -0.494 e. The molecule has 0 radical (unpaired) electrons. The van der Waals surface area contributed by atoms with Crippen LogP contribution in [-0.2, 0) is 32.3 Å². The maximum absolute atomic E-state index is 14.3. The molecule has 0 unspecified atom stereocenters. The van der Waals surface area contributed by atoms with Crippen LogP contribution < -0.4 is 35.8 Å². The minimum atomic E-state index is -1.82. The zero-order valence-electron chi connectivity index (χ0n) is 36.9. The number of alkyl carbamates (subject to hydrolysis) is 1. The van der Waals surface area contributed by atoms with Gasteiger partial charge in [-0.3, -0.25) is 28.9 Å². The molecule has 1 fully saturated rings. The molecule has 350 valence electrons. The number of nitrogens with one attached hydrogen (secondary N) is 4. The number of para-hydroxylation sites is 2. The molecule has 1 saturated heterocycles. The third-order valence-corrected chi connectivity index (χ3v) is 12.9. The molecule has 2 aliphatic heterocycles. The topological polar surface area (TPSA) is 196 Å². The van der Waals surface area contributed by atoms with Crippen LogP contribution in [0.2, 0.25) is 0 Å². The first-order valence-electron chi connectivity index (χ1n) is 22.2. The number of carbonyl (C=O) groups excluding carboxylic acids is 7. The molecule has 7 rings (SSSR count). The zero-order valence-corrected chi connectivity index (χ0v) is 38.5. The van der Waals surface area contributed by atoms with E-state index in [0.717, 1.165) is 35.2 Å². The summed E-state index contributed by atoms with van der Waals surface area (Å²) >= 11 is 2.42. The Labute approximate surface area is 396 Å². The monoisotopic (exact) mass is 947 g/mol. The second-order valence-electron chi connectivity index (χ2n) is 16.0. The lowest BCUT2D eigenvalue weighted by Gasteiger charge is -2.26. The van der Waals surface area contributed by atoms with Crippen LogP contribution >= 0.6 is 22.7 Å². The first-order valence-corrected chi connectivity index (χ1v) is 24.0. The smallest absolute Gasteiger partial charge is 0.407 e. The molecule has 67 heavy (non-hydrogen) atoms. The van der Waals surface area contributed by atoms with E-state index >= 15 is 0 Å². The second kappa shape index (κ2) is 24.0. The summed E-state index contributed by atoms with van der Waals surface area (Å²) in [6, 6.07) is 25.0. The quantitative estimate of drug-likeness (QED) is 0.0337. The largest absolute Gasteiger partial charge is 0.494 e. The van der Waals surface area contributed by atoms with Gasteiger partial charge in [0.25, 0.3) is 11.8 Å². The Hall–Kier alpha value is -6.89. The van der Waals surface area contributed by atoms with Gasteiger partial charge in [-0.15, -0.1) is 22.7 Å². The van der Waals surface area contributed by atoms with Crippen molar-refractivity contribution in [1.82, 2.24) is 20.9 Å². The SMILES string of the molecule is O=C(CCCNC(=O)OCc1cccc(NC(=O)NC2C(=O)N(CC(=O)c3cccs3)c3ccccc3N(CC(=O)c3cccs3)C2=O)c1)NCCCOc1cccc(CN2CCCCC2)c1. The van der Waals surface area contributed by atoms with Crippen LogP contribution in [-0.4, -0.2) is 98.2 Å². The summed E-state index contributed by atoms with van der Waals surface area (Å²) in [6.07, 6.45) is 4.39. The van der Waals surface area contributed by atoms with Gasteiger partial charge in [0.15, 0.2) is 17.6 Å². The van der Waals surface area contributed by atoms with Crippen molar-refractivity contribution >= 4 is 81.1 Å². The van der Waals surface area contributed by atoms with Crippen molar-refractivity contribution in [3.63, 3.8) is 0 Å². The summed E-state index contributed by atoms with van der Waals surface area (Å²) in [4.78, 5) is 99.3. The number of hydrogen-bond donors (Lipinski definition) is 4. The predicted molar refractivity (Wildman–Crippen MR) is 257 cm³/mol. The number of urea groups is 1. The molecular formula is C49H53N7O9S2. The van der Waals surface area contributed by atoms with Gasteiger partial charge in [-0.25, -0.2) is 9.59 Å². The fourth-order valence-electron chi connectivity index (χ4n) is 7.71. The third-order valence-electron chi connectivity index (χ3n) is 11.0. The molecule has 2 aromatic heterocycles. The highest BCUT2D eigenvalue weighted by Crippen LogP contribution is 2.34. The Morgan fingerprint density at radius 2 is 1.31 bits per heavy atom. The van der Waals surface area contributed by atoms with Crippen molar-refractivity contribution < 1.29 is 43.0 Å². The Balaban J connectivity index is 0.853. The maximum Gasteiger partial charge on any atom is 0.407 e. The van der Waals surface area contributed by atoms with Gasteiger partial charge in [0, 0.05) is 31.7 Å². The highest BCUT2D eigenvalue weighted by atomic mass is 32.1. The van der Waals surface area contributed by atoms with Crippen LogP contribution in [0.15, 0.2) is 108 Å². The number of thiophene rings is 2. The van der Waals surface area contributed by atoms with Crippen LogP contribution in [0, 0.1) is 0 Å². The lowest BCUT2D eigenvalue weighted by molar-refractivity contribution is -0.129. The summed E-state index contributed by atoms with van der Waals surface area (Å²) in [7, 11) is 0. The molecule has 5 aromatic rings. The van der Waals surface area contributed by atoms with E-state index in [4.69, 9.17) is 9.47 Å². The highest BCUT2D eigenvalue weighted by Gasteiger charge is 2.42. The molecule has 0 spiro atoms. The normalized spacial score (nSPS) is 14.1. The Bertz CT molecular complexity index is 2420. The van der Waals surface area contributed by atoms with E-state index in [2.05, 4.69) is 38.3 Å². The van der Waals surface area contributed by atoms with Crippen LogP contribution in [0.1, 0.15) is 69.0 Å². The molecule has 3 aromatic carbocycles. The van der Waals surface area contributed by atoms with Gasteiger partial charge in [-0.05, 0) is 109 Å². The van der Waals surface area contributed by atoms with Crippen molar-refractivity contribution in [3.05, 3.63) is 129 Å². The van der Waals surface area contributed by atoms with E-state index in [1.807, 2.05) is 12.1 Å². The Morgan fingerprint density at radius 3 is 1.97 bits per heavy atom. The molecule has 0 bridgehead atoms. The zero-order chi connectivity index (χ0) is 47.0. The number of likely N-dealkylation sites (tertiary alicyclic amines) is 1. The number of fused-ring (bicyclic) bond motifs is 1. The van der Waals surface area contributed by atoms with E-state index in [-0.39, 0.29) is 54.1 Å². The lowest BCUT2D eigenvalue weighted by atomic mass is 10.1. The molecule has 2 aliphatic rings. The maximum atomic E-state index is 14.3. The number of benzene rings is 3. The van der Waals surface area contributed by atoms with Gasteiger partial charge in [0.2, 0.25) is 5.91 Å². The first kappa shape index (κ1) is 48.1. The number of Topliss-reactive ketones (excluding diaryl/α,β-unsaturated/α-hetero) is 2. The van der Waals surface area contributed by atoms with Crippen LogP contribution in [0.5, 0.6) is 5.75 Å². The fourth-order valence-corrected chi connectivity index (χ4v) is 9.02. The molecule has 0 aliphatic carbocycles. The predicted octanol–water partition coefficient (Wildman–Crippen LogP) is 7.02. The van der Waals surface area contributed by atoms with Crippen molar-refractivity contribution in [1.29, 1.82) is 0 Å². The van der Waals surface area contributed by atoms with Gasteiger partial charge in [-0.2, -0.15) is 0 Å². The van der Waals surface area contributed by atoms with Crippen molar-refractivity contribution in [2.45, 2.75) is 57.7 Å². The summed E-state index contributed by atoms with van der Waals surface area (Å²) in [5.41, 5.74) is 2.47. The molecule has 0 atom stereocenters. The number of ketones is 2. The number of hydrogen-bond acceptors (Lipinski definition) is 12. The molecule has 6 amide bonds. The third kappa shape index (κ3) is 13.8. The molecule has 18 heteroatoms. The minimum absolute atomic E-state index is 0.131. The number of piperidine rings is 1. The van der Waals surface area contributed by atoms with Crippen LogP contribution in [0.4, 0.5) is 26.7 Å². The lowest BCUT2D eigenvalue weighted by Crippen LogP contribution is -2.57. The average molecular weight is 948 g/mol. The average Bonchev–Trinajstić information content (AvgIpc) is 4.08. The fraction of sp³-hybridized carbons (Fsp3) is 0.327. The van der Waals surface area contributed by atoms with Crippen molar-refractivity contribution in [2.75, 3.05) is 61.0 Å². The molecular weight excluding hydrogens is 895 g/mol. The van der Waals surface area contributed by atoms with Crippen molar-refractivity contribution in [2.24, 2.45) is 0 Å². The molecule has 4 heterocycles. The van der Waals surface area contributed by atoms with Gasteiger partial charge in [-0.1, -0.05) is 55.0 Å². The number of amides is 6. The Morgan fingerprint density at radius 1 is 0.672 bits per heavy atom. The second-order valence-corrected chi connectivity index (χ2v) is 17.9. The number of ether oxygens (including phenoxy) is 2. The van der Waals surface area contributed by atoms with Gasteiger partial charge >= 0.3 is 12.1 Å². The number of anilines is 3. The van der Waals surface area contributed by atoms with E-state index < -0.39 is 43.1 Å². The van der Waals surface area contributed by atoms with Crippen LogP contribution in [0.3, 0.4) is 0 Å². The number of carbonyl (C=O) groups is 7. The summed E-state index contributed by atoms with van der Waals surface area (Å²) in [5.74, 6) is -1.78.